The van der Waals surface area contributed by atoms with Gasteiger partial charge in [0.25, 0.3) is 0 Å². The highest BCUT2D eigenvalue weighted by Gasteiger charge is 2.30. The summed E-state index contributed by atoms with van der Waals surface area (Å²) < 4.78 is 30.6. The van der Waals surface area contributed by atoms with Gasteiger partial charge in [-0.3, -0.25) is 0 Å². The van der Waals surface area contributed by atoms with E-state index < -0.39 is 42.3 Å². The first-order valence-corrected chi connectivity index (χ1v) is 9.53. The fourth-order valence-electron chi connectivity index (χ4n) is 2.31. The molecule has 0 aliphatic heterocycles. The van der Waals surface area contributed by atoms with Crippen molar-refractivity contribution in [1.82, 2.24) is 0 Å². The van der Waals surface area contributed by atoms with Crippen molar-refractivity contribution >= 4 is 44.7 Å². The predicted octanol–water partition coefficient (Wildman–Crippen LogP) is 2.58. The molecule has 7 nitrogen and oxygen atoms in total. The quantitative estimate of drug-likeness (QED) is 0.613. The number of anilines is 1. The van der Waals surface area contributed by atoms with Gasteiger partial charge in [0.2, 0.25) is 0 Å². The monoisotopic (exact) mass is 418 g/mol. The van der Waals surface area contributed by atoms with Crippen LogP contribution in [0.5, 0.6) is 5.75 Å². The first kappa shape index (κ1) is 20.3. The van der Waals surface area contributed by atoms with Crippen molar-refractivity contribution < 1.29 is 23.1 Å². The number of hydrogen-bond donors (Lipinski definition) is 3. The molecule has 1 atom stereocenters. The van der Waals surface area contributed by atoms with Gasteiger partial charge in [-0.1, -0.05) is 35.3 Å². The number of halogens is 2. The lowest BCUT2D eigenvalue weighted by atomic mass is 10.1. The summed E-state index contributed by atoms with van der Waals surface area (Å²) in [6.07, 6.45) is 0.00167. The molecule has 2 aromatic carbocycles. The van der Waals surface area contributed by atoms with Crippen molar-refractivity contribution in [2.75, 3.05) is 12.8 Å². The molecule has 5 N–H and O–H groups in total. The molecule has 0 amide bonds. The Morgan fingerprint density at radius 3 is 2.35 bits per heavy atom. The zero-order chi connectivity index (χ0) is 19.6. The molecule has 0 spiro atoms. The Labute approximate surface area is 160 Å². The molecule has 0 saturated heterocycles. The zero-order valence-corrected chi connectivity index (χ0v) is 15.9. The van der Waals surface area contributed by atoms with Crippen LogP contribution in [0.1, 0.15) is 15.9 Å². The van der Waals surface area contributed by atoms with Gasteiger partial charge in [-0.05, 0) is 23.8 Å². The molecule has 0 saturated carbocycles. The van der Waals surface area contributed by atoms with E-state index in [1.165, 1.54) is 7.11 Å². The van der Waals surface area contributed by atoms with Crippen LogP contribution in [-0.4, -0.2) is 32.0 Å². The van der Waals surface area contributed by atoms with E-state index in [1.807, 2.05) is 0 Å². The van der Waals surface area contributed by atoms with Gasteiger partial charge in [-0.25, -0.2) is 13.2 Å². The van der Waals surface area contributed by atoms with Crippen LogP contribution in [-0.2, 0) is 16.3 Å². The number of carboxylic acids is 1. The van der Waals surface area contributed by atoms with Crippen molar-refractivity contribution in [1.29, 1.82) is 0 Å². The molecular weight excluding hydrogens is 403 g/mol. The Bertz CT molecular complexity index is 946. The SMILES string of the molecule is COc1ccc(CC(N)S(=O)(=O)c2cc(Cl)c(C(=O)O)c(Cl)c2N)cc1. The summed E-state index contributed by atoms with van der Waals surface area (Å²) in [5.41, 5.74) is 11.4. The highest BCUT2D eigenvalue weighted by Crippen LogP contribution is 2.36. The van der Waals surface area contributed by atoms with Crippen LogP contribution in [0.4, 0.5) is 5.69 Å². The number of carbonyl (C=O) groups is 1. The lowest BCUT2D eigenvalue weighted by molar-refractivity contribution is 0.0697. The molecule has 26 heavy (non-hydrogen) atoms. The maximum absolute atomic E-state index is 12.8. The second kappa shape index (κ2) is 7.71. The molecule has 0 aromatic heterocycles. The molecular formula is C16H16Cl2N2O5S. The van der Waals surface area contributed by atoms with E-state index in [1.54, 1.807) is 24.3 Å². The largest absolute Gasteiger partial charge is 0.497 e. The Morgan fingerprint density at radius 2 is 1.85 bits per heavy atom. The van der Waals surface area contributed by atoms with E-state index in [0.717, 1.165) is 6.07 Å². The van der Waals surface area contributed by atoms with Crippen LogP contribution < -0.4 is 16.2 Å². The maximum Gasteiger partial charge on any atom is 0.338 e. The van der Waals surface area contributed by atoms with E-state index in [2.05, 4.69) is 0 Å². The third kappa shape index (κ3) is 3.88. The molecule has 0 radical (unpaired) electrons. The Hall–Kier alpha value is -2.00. The number of methoxy groups -OCH3 is 1. The summed E-state index contributed by atoms with van der Waals surface area (Å²) in [5, 5.41) is 6.99. The molecule has 10 heteroatoms. The number of nitrogens with two attached hydrogens (primary N) is 2. The third-order valence-electron chi connectivity index (χ3n) is 3.73. The molecule has 140 valence electrons. The summed E-state index contributed by atoms with van der Waals surface area (Å²) in [6, 6.07) is 7.68. The number of hydrogen-bond acceptors (Lipinski definition) is 6. The Kier molecular flexibility index (Phi) is 6.02. The minimum atomic E-state index is -4.11. The summed E-state index contributed by atoms with van der Waals surface area (Å²) >= 11 is 11.8. The summed E-state index contributed by atoms with van der Waals surface area (Å²) in [4.78, 5) is 10.8. The van der Waals surface area contributed by atoms with Crippen molar-refractivity contribution in [3.63, 3.8) is 0 Å². The first-order valence-electron chi connectivity index (χ1n) is 7.22. The molecule has 1 unspecified atom stereocenters. The van der Waals surface area contributed by atoms with E-state index in [4.69, 9.17) is 44.5 Å². The fraction of sp³-hybridized carbons (Fsp3) is 0.188. The van der Waals surface area contributed by atoms with Gasteiger partial charge in [-0.2, -0.15) is 0 Å². The molecule has 2 rings (SSSR count). The number of rotatable bonds is 6. The van der Waals surface area contributed by atoms with Gasteiger partial charge in [0.1, 0.15) is 11.1 Å². The molecule has 0 heterocycles. The van der Waals surface area contributed by atoms with Crippen molar-refractivity contribution in [3.8, 4) is 5.75 Å². The summed E-state index contributed by atoms with van der Waals surface area (Å²) in [5.74, 6) is -0.796. The number of ether oxygens (including phenoxy) is 1. The maximum atomic E-state index is 12.8. The number of carboxylic acid groups (broad SMARTS) is 1. The number of sulfone groups is 1. The second-order valence-corrected chi connectivity index (χ2v) is 8.32. The third-order valence-corrected chi connectivity index (χ3v) is 6.34. The first-order chi connectivity index (χ1) is 12.1. The molecule has 0 bridgehead atoms. The highest BCUT2D eigenvalue weighted by atomic mass is 35.5. The van der Waals surface area contributed by atoms with Crippen LogP contribution in [0.3, 0.4) is 0 Å². The number of aromatic carboxylic acids is 1. The molecule has 2 aromatic rings. The van der Waals surface area contributed by atoms with E-state index >= 15 is 0 Å². The predicted molar refractivity (Wildman–Crippen MR) is 99.7 cm³/mol. The fourth-order valence-corrected chi connectivity index (χ4v) is 4.48. The lowest BCUT2D eigenvalue weighted by Crippen LogP contribution is -2.33. The van der Waals surface area contributed by atoms with E-state index in [9.17, 15) is 13.2 Å². The highest BCUT2D eigenvalue weighted by molar-refractivity contribution is 7.92. The molecule has 0 aliphatic carbocycles. The van der Waals surface area contributed by atoms with Gasteiger partial charge in [0, 0.05) is 6.42 Å². The summed E-state index contributed by atoms with van der Waals surface area (Å²) in [6.45, 7) is 0. The minimum Gasteiger partial charge on any atom is -0.497 e. The van der Waals surface area contributed by atoms with Gasteiger partial charge < -0.3 is 21.3 Å². The van der Waals surface area contributed by atoms with E-state index in [0.29, 0.717) is 11.3 Å². The standard InChI is InChI=1S/C16H16Cl2N2O5S/c1-25-9-4-2-8(3-5-9)6-12(19)26(23,24)11-7-10(17)13(16(21)22)14(18)15(11)20/h2-5,7,12H,6,19-20H2,1H3,(H,21,22). The number of benzene rings is 2. The normalized spacial score (nSPS) is 12.6. The zero-order valence-electron chi connectivity index (χ0n) is 13.6. The molecule has 0 fully saturated rings. The smallest absolute Gasteiger partial charge is 0.338 e. The Balaban J connectivity index is 2.41. The van der Waals surface area contributed by atoms with Crippen molar-refractivity contribution in [3.05, 3.63) is 51.5 Å². The van der Waals surface area contributed by atoms with Gasteiger partial charge in [-0.15, -0.1) is 0 Å². The average Bonchev–Trinajstić information content (AvgIpc) is 2.58. The summed E-state index contributed by atoms with van der Waals surface area (Å²) in [7, 11) is -2.60. The van der Waals surface area contributed by atoms with Crippen molar-refractivity contribution in [2.24, 2.45) is 5.73 Å². The topological polar surface area (TPSA) is 133 Å². The van der Waals surface area contributed by atoms with Gasteiger partial charge in [0.05, 0.1) is 33.3 Å². The number of nitrogen functional groups attached to an aromatic ring is 1. The van der Waals surface area contributed by atoms with E-state index in [-0.39, 0.29) is 11.4 Å². The average molecular weight is 419 g/mol. The lowest BCUT2D eigenvalue weighted by Gasteiger charge is -2.17. The Morgan fingerprint density at radius 1 is 1.27 bits per heavy atom. The molecule has 0 aliphatic rings. The second-order valence-electron chi connectivity index (χ2n) is 5.40. The van der Waals surface area contributed by atoms with Crippen LogP contribution in [0.25, 0.3) is 0 Å². The van der Waals surface area contributed by atoms with Crippen LogP contribution in [0, 0.1) is 0 Å². The van der Waals surface area contributed by atoms with Crippen LogP contribution >= 0.6 is 23.2 Å². The van der Waals surface area contributed by atoms with Gasteiger partial charge >= 0.3 is 5.97 Å². The van der Waals surface area contributed by atoms with Crippen LogP contribution in [0.15, 0.2) is 35.2 Å². The van der Waals surface area contributed by atoms with Crippen molar-refractivity contribution in [2.45, 2.75) is 16.7 Å². The van der Waals surface area contributed by atoms with Crippen LogP contribution in [0.2, 0.25) is 10.0 Å². The van der Waals surface area contributed by atoms with Gasteiger partial charge in [0.15, 0.2) is 9.84 Å². The minimum absolute atomic E-state index is 0.00167.